The van der Waals surface area contributed by atoms with Crippen LogP contribution in [0.1, 0.15) is 156 Å². The van der Waals surface area contributed by atoms with E-state index in [1.165, 1.54) is 57.8 Å². The number of aromatic nitrogens is 3. The van der Waals surface area contributed by atoms with E-state index in [0.29, 0.717) is 40.4 Å². The van der Waals surface area contributed by atoms with E-state index in [1.54, 1.807) is 6.20 Å². The van der Waals surface area contributed by atoms with Crippen molar-refractivity contribution >= 4 is 5.91 Å². The van der Waals surface area contributed by atoms with Gasteiger partial charge >= 0.3 is 0 Å². The van der Waals surface area contributed by atoms with Gasteiger partial charge in [-0.05, 0) is 153 Å². The number of nitrogens with one attached hydrogen (secondary N) is 1. The van der Waals surface area contributed by atoms with Crippen LogP contribution in [-0.2, 0) is 4.79 Å². The third-order valence-electron chi connectivity index (χ3n) is 17.4. The summed E-state index contributed by atoms with van der Waals surface area (Å²) in [6.45, 7) is 15.8. The molecule has 10 atom stereocenters. The molecule has 2 aromatic heterocycles. The lowest BCUT2D eigenvalue weighted by atomic mass is 9.37. The Morgan fingerprint density at radius 1 is 1.00 bits per heavy atom. The van der Waals surface area contributed by atoms with Gasteiger partial charge in [-0.15, -0.1) is 0 Å². The predicted octanol–water partition coefficient (Wildman–Crippen LogP) is 10.2. The summed E-state index contributed by atoms with van der Waals surface area (Å²) >= 11 is 0. The van der Waals surface area contributed by atoms with Crippen molar-refractivity contribution in [3.63, 3.8) is 0 Å². The first-order valence-electron chi connectivity index (χ1n) is 20.8. The molecular weight excluding hydrogens is 617 g/mol. The topological polar surface area (TPSA) is 82.1 Å². The van der Waals surface area contributed by atoms with Crippen molar-refractivity contribution < 1.29 is 9.90 Å². The number of unbranched alkanes of at least 4 members (excludes halogenated alkanes) is 1. The Morgan fingerprint density at radius 3 is 2.56 bits per heavy atom. The highest BCUT2D eigenvalue weighted by molar-refractivity contribution is 5.84. The van der Waals surface area contributed by atoms with Gasteiger partial charge in [0.15, 0.2) is 0 Å². The smallest absolute Gasteiger partial charge is 0.229 e. The lowest BCUT2D eigenvalue weighted by Gasteiger charge is -2.68. The van der Waals surface area contributed by atoms with Crippen LogP contribution in [0.25, 0.3) is 11.3 Å². The van der Waals surface area contributed by atoms with Gasteiger partial charge in [-0.2, -0.15) is 0 Å². The number of carbonyl (C=O) groups excluding carboxylic acids is 1. The van der Waals surface area contributed by atoms with Gasteiger partial charge < -0.3 is 15.0 Å². The molecule has 5 saturated carbocycles. The average Bonchev–Trinajstić information content (AvgIpc) is 3.51. The lowest BCUT2D eigenvalue weighted by molar-refractivity contribution is -0.201. The number of hydrogen-bond acceptors (Lipinski definition) is 4. The van der Waals surface area contributed by atoms with Crippen LogP contribution < -0.4 is 0 Å². The molecule has 0 radical (unpaired) electrons. The maximum Gasteiger partial charge on any atom is 0.229 e. The zero-order valence-corrected chi connectivity index (χ0v) is 32.1. The largest absolute Gasteiger partial charge is 0.393 e. The third-order valence-corrected chi connectivity index (χ3v) is 17.4. The van der Waals surface area contributed by atoms with Crippen LogP contribution in [0.15, 0.2) is 30.7 Å². The molecule has 1 aliphatic heterocycles. The van der Waals surface area contributed by atoms with Crippen molar-refractivity contribution in [2.75, 3.05) is 6.54 Å². The molecule has 8 rings (SSSR count). The number of rotatable bonds is 9. The minimum atomic E-state index is -0.229. The highest BCUT2D eigenvalue weighted by Crippen LogP contribution is 2.76. The Bertz CT molecular complexity index is 1550. The summed E-state index contributed by atoms with van der Waals surface area (Å²) in [4.78, 5) is 30.6. The van der Waals surface area contributed by atoms with Crippen molar-refractivity contribution in [1.82, 2.24) is 19.9 Å². The summed E-state index contributed by atoms with van der Waals surface area (Å²) in [6, 6.07) is 4.07. The number of nitrogens with zero attached hydrogens (tertiary/aromatic N) is 3. The number of carbonyl (C=O) groups is 1. The number of pyridine rings is 1. The van der Waals surface area contributed by atoms with E-state index in [-0.39, 0.29) is 28.4 Å². The fourth-order valence-corrected chi connectivity index (χ4v) is 13.5. The van der Waals surface area contributed by atoms with Crippen molar-refractivity contribution in [3.8, 4) is 11.3 Å². The Hall–Kier alpha value is -2.21. The first-order valence-corrected chi connectivity index (χ1v) is 20.8. The van der Waals surface area contributed by atoms with Crippen molar-refractivity contribution in [2.45, 2.75) is 156 Å². The minimum Gasteiger partial charge on any atom is -0.393 e. The van der Waals surface area contributed by atoms with Crippen molar-refractivity contribution in [1.29, 1.82) is 0 Å². The fraction of sp³-hybridized carbons (Fsp3) is 0.795. The summed E-state index contributed by atoms with van der Waals surface area (Å²) < 4.78 is 0. The molecule has 5 aliphatic carbocycles. The van der Waals surface area contributed by atoms with Crippen LogP contribution in [0, 0.1) is 56.7 Å². The molecule has 6 nitrogen and oxygen atoms in total. The Balaban J connectivity index is 1.07. The summed E-state index contributed by atoms with van der Waals surface area (Å²) in [5.74, 6) is 4.50. The first kappa shape index (κ1) is 34.9. The van der Waals surface area contributed by atoms with E-state index >= 15 is 4.79 Å². The zero-order chi connectivity index (χ0) is 35.1. The molecule has 6 aliphatic rings. The molecule has 0 bridgehead atoms. The van der Waals surface area contributed by atoms with Crippen LogP contribution >= 0.6 is 0 Å². The summed E-state index contributed by atoms with van der Waals surface area (Å²) in [5.41, 5.74) is 2.75. The highest BCUT2D eigenvalue weighted by atomic mass is 16.3. The summed E-state index contributed by atoms with van der Waals surface area (Å²) in [6.07, 6.45) is 24.3. The van der Waals surface area contributed by atoms with Gasteiger partial charge in [-0.3, -0.25) is 9.78 Å². The molecule has 1 unspecified atom stereocenters. The van der Waals surface area contributed by atoms with Gasteiger partial charge in [0, 0.05) is 24.5 Å². The molecule has 0 aromatic carbocycles. The quantitative estimate of drug-likeness (QED) is 0.276. The standard InChI is InChI=1S/C44H66N4O2/c1-7-8-13-36(49)40(2,3)30-16-18-42(5)31(26-30)14-15-33-37-32(41(4)20-21-41)17-19-44(37,23-22-43(33,42)6)39(50)48-25-10-12-35(48)38-46-28-34(47-38)29-11-9-24-45-27-29/h9,11,24,27-28,30-33,35-37,49H,7-8,10,12-23,25-26H2,1-6H3,(H,46,47)/t30-,31-,32-,33-,35?,36+,37-,42-,43-,44+/m1/s1. The molecule has 2 aromatic rings. The van der Waals surface area contributed by atoms with Crippen molar-refractivity contribution in [3.05, 3.63) is 36.5 Å². The van der Waals surface area contributed by atoms with Gasteiger partial charge in [-0.1, -0.05) is 54.4 Å². The predicted molar refractivity (Wildman–Crippen MR) is 200 cm³/mol. The number of fused-ring (bicyclic) bond motifs is 5. The van der Waals surface area contributed by atoms with Gasteiger partial charge in [0.1, 0.15) is 5.82 Å². The molecule has 0 spiro atoms. The second-order valence-corrected chi connectivity index (χ2v) is 19.7. The number of imidazole rings is 1. The van der Waals surface area contributed by atoms with E-state index < -0.39 is 0 Å². The highest BCUT2D eigenvalue weighted by Gasteiger charge is 2.71. The SMILES string of the molecule is CCCC[C@H](O)C(C)(C)[C@@H]1CC[C@]2(C)[C@H](CC[C@@H]3[C@H]4[C@H](C5(C)CC5)CC[C@]4(C(=O)N4CCCC4c4ncc(-c5cccnc5)[nH]4)CC[C@]32C)C1. The molecule has 6 fully saturated rings. The number of H-pyrrole nitrogens is 1. The first-order chi connectivity index (χ1) is 23.9. The molecule has 2 N–H and O–H groups in total. The Kier molecular flexibility index (Phi) is 8.67. The maximum absolute atomic E-state index is 15.4. The second kappa shape index (κ2) is 12.4. The number of aromatic amines is 1. The van der Waals surface area contributed by atoms with Gasteiger partial charge in [0.05, 0.1) is 29.5 Å². The number of hydrogen-bond donors (Lipinski definition) is 2. The molecule has 50 heavy (non-hydrogen) atoms. The van der Waals surface area contributed by atoms with E-state index in [2.05, 4.69) is 62.5 Å². The number of likely N-dealkylation sites (tertiary alicyclic amines) is 1. The molecule has 274 valence electrons. The van der Waals surface area contributed by atoms with Crippen LogP contribution in [0.2, 0.25) is 0 Å². The van der Waals surface area contributed by atoms with Crippen LogP contribution in [0.3, 0.4) is 0 Å². The number of amides is 1. The lowest BCUT2D eigenvalue weighted by Crippen LogP contribution is -2.63. The normalized spacial score (nSPS) is 39.8. The Labute approximate surface area is 302 Å². The number of aliphatic hydroxyl groups excluding tert-OH is 1. The monoisotopic (exact) mass is 683 g/mol. The van der Waals surface area contributed by atoms with Gasteiger partial charge in [-0.25, -0.2) is 4.98 Å². The van der Waals surface area contributed by atoms with E-state index in [9.17, 15) is 5.11 Å². The molecule has 6 heteroatoms. The number of aliphatic hydroxyl groups is 1. The van der Waals surface area contributed by atoms with E-state index in [4.69, 9.17) is 4.98 Å². The fourth-order valence-electron chi connectivity index (χ4n) is 13.5. The second-order valence-electron chi connectivity index (χ2n) is 19.7. The average molecular weight is 683 g/mol. The maximum atomic E-state index is 15.4. The molecule has 3 heterocycles. The summed E-state index contributed by atoms with van der Waals surface area (Å²) in [7, 11) is 0. The van der Waals surface area contributed by atoms with Crippen LogP contribution in [0.4, 0.5) is 0 Å². The van der Waals surface area contributed by atoms with Gasteiger partial charge in [0.25, 0.3) is 0 Å². The van der Waals surface area contributed by atoms with Gasteiger partial charge in [0.2, 0.25) is 5.91 Å². The summed E-state index contributed by atoms with van der Waals surface area (Å²) in [5, 5.41) is 11.3. The van der Waals surface area contributed by atoms with Crippen molar-refractivity contribution in [2.24, 2.45) is 56.7 Å². The molecule has 1 saturated heterocycles. The van der Waals surface area contributed by atoms with Crippen LogP contribution in [0.5, 0.6) is 0 Å². The Morgan fingerprint density at radius 2 is 1.82 bits per heavy atom. The van der Waals surface area contributed by atoms with E-state index in [0.717, 1.165) is 74.5 Å². The zero-order valence-electron chi connectivity index (χ0n) is 32.1. The molecule has 1 amide bonds. The third kappa shape index (κ3) is 5.21. The minimum absolute atomic E-state index is 0.0293. The van der Waals surface area contributed by atoms with E-state index in [1.807, 2.05) is 18.5 Å². The van der Waals surface area contributed by atoms with Crippen LogP contribution in [-0.4, -0.2) is 43.5 Å². The molecular formula is C44H66N4O2.